The minimum absolute atomic E-state index is 0.0288. The van der Waals surface area contributed by atoms with Gasteiger partial charge in [0.1, 0.15) is 11.5 Å². The second-order valence-corrected chi connectivity index (χ2v) is 3.86. The summed E-state index contributed by atoms with van der Waals surface area (Å²) < 4.78 is 1.82. The number of fused-ring (bicyclic) bond motifs is 1. The highest BCUT2D eigenvalue weighted by atomic mass is 16.4. The lowest BCUT2D eigenvalue weighted by atomic mass is 10.2. The van der Waals surface area contributed by atoms with E-state index in [1.54, 1.807) is 6.20 Å². The van der Waals surface area contributed by atoms with Crippen molar-refractivity contribution in [2.75, 3.05) is 0 Å². The molecule has 2 aromatic heterocycles. The third-order valence-electron chi connectivity index (χ3n) is 2.61. The highest BCUT2D eigenvalue weighted by molar-refractivity contribution is 5.70. The summed E-state index contributed by atoms with van der Waals surface area (Å²) in [6.45, 7) is 5.59. The van der Waals surface area contributed by atoms with E-state index >= 15 is 0 Å². The van der Waals surface area contributed by atoms with E-state index in [-0.39, 0.29) is 6.42 Å². The number of aliphatic carboxylic acids is 1. The van der Waals surface area contributed by atoms with Gasteiger partial charge in [0.05, 0.1) is 17.8 Å². The van der Waals surface area contributed by atoms with Gasteiger partial charge in [0, 0.05) is 11.8 Å². The molecule has 0 saturated heterocycles. The molecule has 0 amide bonds. The topological polar surface area (TPSA) is 67.5 Å². The molecule has 2 rings (SSSR count). The van der Waals surface area contributed by atoms with Crippen LogP contribution in [0.4, 0.5) is 0 Å². The number of aromatic nitrogens is 3. The Morgan fingerprint density at radius 2 is 2.12 bits per heavy atom. The molecule has 0 aliphatic carbocycles. The second-order valence-electron chi connectivity index (χ2n) is 3.86. The Bertz CT molecular complexity index is 572. The maximum atomic E-state index is 10.8. The van der Waals surface area contributed by atoms with Gasteiger partial charge in [0.15, 0.2) is 0 Å². The standard InChI is InChI=1S/C11H13N3O2/c1-6-5-12-8(3)14-9(4-10(15)16)7(2)13-11(6)14/h5H,4H2,1-3H3,(H,15,16). The first-order chi connectivity index (χ1) is 7.50. The van der Waals surface area contributed by atoms with Crippen LogP contribution in [-0.4, -0.2) is 25.4 Å². The van der Waals surface area contributed by atoms with Crippen LogP contribution in [0.3, 0.4) is 0 Å². The first-order valence-electron chi connectivity index (χ1n) is 5.02. The highest BCUT2D eigenvalue weighted by Gasteiger charge is 2.15. The van der Waals surface area contributed by atoms with Gasteiger partial charge >= 0.3 is 5.97 Å². The average molecular weight is 219 g/mol. The van der Waals surface area contributed by atoms with Crippen LogP contribution in [0.25, 0.3) is 5.65 Å². The number of aryl methyl sites for hydroxylation is 3. The summed E-state index contributed by atoms with van der Waals surface area (Å²) in [5.41, 5.74) is 3.20. The van der Waals surface area contributed by atoms with Crippen molar-refractivity contribution in [2.45, 2.75) is 27.2 Å². The Morgan fingerprint density at radius 3 is 2.75 bits per heavy atom. The Morgan fingerprint density at radius 1 is 1.44 bits per heavy atom. The van der Waals surface area contributed by atoms with Crippen molar-refractivity contribution in [3.8, 4) is 0 Å². The summed E-state index contributed by atoms with van der Waals surface area (Å²) in [5, 5.41) is 8.87. The molecule has 0 atom stereocenters. The van der Waals surface area contributed by atoms with Crippen LogP contribution >= 0.6 is 0 Å². The van der Waals surface area contributed by atoms with Crippen LogP contribution in [0.2, 0.25) is 0 Å². The number of carboxylic acid groups (broad SMARTS) is 1. The monoisotopic (exact) mass is 219 g/mol. The van der Waals surface area contributed by atoms with Crippen molar-refractivity contribution in [3.63, 3.8) is 0 Å². The van der Waals surface area contributed by atoms with Gasteiger partial charge in [-0.05, 0) is 20.8 Å². The van der Waals surface area contributed by atoms with Crippen LogP contribution in [0, 0.1) is 20.8 Å². The smallest absolute Gasteiger partial charge is 0.309 e. The van der Waals surface area contributed by atoms with E-state index < -0.39 is 5.97 Å². The highest BCUT2D eigenvalue weighted by Crippen LogP contribution is 2.16. The Balaban J connectivity index is 2.77. The largest absolute Gasteiger partial charge is 0.481 e. The summed E-state index contributed by atoms with van der Waals surface area (Å²) >= 11 is 0. The normalized spacial score (nSPS) is 10.9. The van der Waals surface area contributed by atoms with E-state index in [2.05, 4.69) is 9.97 Å². The molecule has 1 N–H and O–H groups in total. The fraction of sp³-hybridized carbons (Fsp3) is 0.364. The molecule has 5 nitrogen and oxygen atoms in total. The van der Waals surface area contributed by atoms with Gasteiger partial charge < -0.3 is 5.11 Å². The molecule has 16 heavy (non-hydrogen) atoms. The van der Waals surface area contributed by atoms with Crippen molar-refractivity contribution in [3.05, 3.63) is 29.0 Å². The van der Waals surface area contributed by atoms with Gasteiger partial charge in [-0.3, -0.25) is 9.20 Å². The first-order valence-corrected chi connectivity index (χ1v) is 5.02. The number of nitrogens with zero attached hydrogens (tertiary/aromatic N) is 3. The third-order valence-corrected chi connectivity index (χ3v) is 2.61. The number of imidazole rings is 1. The fourth-order valence-corrected chi connectivity index (χ4v) is 1.83. The van der Waals surface area contributed by atoms with Crippen LogP contribution in [0.1, 0.15) is 22.8 Å². The van der Waals surface area contributed by atoms with Gasteiger partial charge in [-0.2, -0.15) is 0 Å². The molecule has 0 fully saturated rings. The van der Waals surface area contributed by atoms with Crippen LogP contribution < -0.4 is 0 Å². The van der Waals surface area contributed by atoms with E-state index in [1.807, 2.05) is 25.2 Å². The second kappa shape index (κ2) is 3.59. The lowest BCUT2D eigenvalue weighted by molar-refractivity contribution is -0.136. The molecule has 0 spiro atoms. The SMILES string of the molecule is Cc1nc2c(C)cnc(C)n2c1CC(=O)O. The van der Waals surface area contributed by atoms with E-state index in [4.69, 9.17) is 5.11 Å². The number of carboxylic acids is 1. The molecular formula is C11H13N3O2. The fourth-order valence-electron chi connectivity index (χ4n) is 1.83. The molecule has 0 aliphatic heterocycles. The molecule has 0 saturated carbocycles. The summed E-state index contributed by atoms with van der Waals surface area (Å²) in [7, 11) is 0. The minimum atomic E-state index is -0.856. The van der Waals surface area contributed by atoms with Gasteiger partial charge in [-0.1, -0.05) is 0 Å². The van der Waals surface area contributed by atoms with E-state index in [0.717, 1.165) is 22.7 Å². The predicted molar refractivity (Wildman–Crippen MR) is 58.5 cm³/mol. The van der Waals surface area contributed by atoms with Crippen LogP contribution in [-0.2, 0) is 11.2 Å². The molecular weight excluding hydrogens is 206 g/mol. The Kier molecular flexibility index (Phi) is 2.38. The lowest BCUT2D eigenvalue weighted by Gasteiger charge is -2.04. The Labute approximate surface area is 92.8 Å². The predicted octanol–water partition coefficient (Wildman–Crippen LogP) is 1.28. The van der Waals surface area contributed by atoms with E-state index in [0.29, 0.717) is 5.69 Å². The zero-order valence-corrected chi connectivity index (χ0v) is 9.48. The van der Waals surface area contributed by atoms with Crippen molar-refractivity contribution in [1.29, 1.82) is 0 Å². The van der Waals surface area contributed by atoms with Gasteiger partial charge in [-0.15, -0.1) is 0 Å². The van der Waals surface area contributed by atoms with Crippen molar-refractivity contribution >= 4 is 11.6 Å². The molecule has 84 valence electrons. The molecule has 0 aromatic carbocycles. The summed E-state index contributed by atoms with van der Waals surface area (Å²) in [6.07, 6.45) is 1.72. The quantitative estimate of drug-likeness (QED) is 0.826. The van der Waals surface area contributed by atoms with Crippen LogP contribution in [0.5, 0.6) is 0 Å². The van der Waals surface area contributed by atoms with E-state index in [9.17, 15) is 4.79 Å². The van der Waals surface area contributed by atoms with Gasteiger partial charge in [0.2, 0.25) is 0 Å². The zero-order valence-electron chi connectivity index (χ0n) is 9.48. The first kappa shape index (κ1) is 10.6. The van der Waals surface area contributed by atoms with Crippen molar-refractivity contribution in [1.82, 2.24) is 14.4 Å². The van der Waals surface area contributed by atoms with Crippen molar-refractivity contribution in [2.24, 2.45) is 0 Å². The molecule has 2 heterocycles. The van der Waals surface area contributed by atoms with Crippen molar-refractivity contribution < 1.29 is 9.90 Å². The molecule has 5 heteroatoms. The maximum absolute atomic E-state index is 10.8. The van der Waals surface area contributed by atoms with Gasteiger partial charge in [0.25, 0.3) is 0 Å². The lowest BCUT2D eigenvalue weighted by Crippen LogP contribution is -2.07. The van der Waals surface area contributed by atoms with Crippen LogP contribution in [0.15, 0.2) is 6.20 Å². The number of rotatable bonds is 2. The van der Waals surface area contributed by atoms with E-state index in [1.165, 1.54) is 0 Å². The molecule has 0 unspecified atom stereocenters. The minimum Gasteiger partial charge on any atom is -0.481 e. The molecule has 0 bridgehead atoms. The molecule has 0 radical (unpaired) electrons. The van der Waals surface area contributed by atoms with Gasteiger partial charge in [-0.25, -0.2) is 9.97 Å². The summed E-state index contributed by atoms with van der Waals surface area (Å²) in [6, 6.07) is 0. The average Bonchev–Trinajstić information content (AvgIpc) is 2.51. The number of hydrogen-bond acceptors (Lipinski definition) is 3. The maximum Gasteiger partial charge on any atom is 0.309 e. The Hall–Kier alpha value is -1.91. The summed E-state index contributed by atoms with van der Waals surface area (Å²) in [5.74, 6) is -0.0942. The number of carbonyl (C=O) groups is 1. The molecule has 0 aliphatic rings. The molecule has 2 aromatic rings. The summed E-state index contributed by atoms with van der Waals surface area (Å²) in [4.78, 5) is 19.4. The zero-order chi connectivity index (χ0) is 11.9. The third kappa shape index (κ3) is 1.54. The number of hydrogen-bond donors (Lipinski definition) is 1.